The average molecular weight is 409 g/mol. The van der Waals surface area contributed by atoms with Crippen molar-refractivity contribution in [3.05, 3.63) is 76.3 Å². The Morgan fingerprint density at radius 1 is 1.10 bits per heavy atom. The normalized spacial score (nSPS) is 17.0. The van der Waals surface area contributed by atoms with Crippen LogP contribution in [-0.2, 0) is 20.1 Å². The minimum absolute atomic E-state index is 0.396. The van der Waals surface area contributed by atoms with Gasteiger partial charge in [0.15, 0.2) is 4.77 Å². The lowest BCUT2D eigenvalue weighted by atomic mass is 10.0. The van der Waals surface area contributed by atoms with Crippen LogP contribution in [0.2, 0.25) is 0 Å². The summed E-state index contributed by atoms with van der Waals surface area (Å²) in [6.45, 7) is 4.48. The highest BCUT2D eigenvalue weighted by atomic mass is 32.1. The topological polar surface area (TPSA) is 35.2 Å². The first-order chi connectivity index (χ1) is 14.2. The SMILES string of the molecule is CCOc1ccc([C@H]2CCCN2Cn2nc(Cc3ccccc3)n(C)c2=S)cc1. The van der Waals surface area contributed by atoms with E-state index in [0.717, 1.165) is 42.4 Å². The zero-order valence-electron chi connectivity index (χ0n) is 17.1. The van der Waals surface area contributed by atoms with Gasteiger partial charge in [-0.15, -0.1) is 0 Å². The molecule has 0 saturated carbocycles. The highest BCUT2D eigenvalue weighted by Crippen LogP contribution is 2.33. The molecule has 1 aliphatic rings. The fourth-order valence-electron chi connectivity index (χ4n) is 4.06. The second kappa shape index (κ2) is 8.93. The van der Waals surface area contributed by atoms with E-state index in [1.807, 2.05) is 29.3 Å². The first-order valence-electron chi connectivity index (χ1n) is 10.3. The third kappa shape index (κ3) is 4.43. The number of benzene rings is 2. The largest absolute Gasteiger partial charge is 0.494 e. The van der Waals surface area contributed by atoms with Gasteiger partial charge in [0.1, 0.15) is 11.6 Å². The van der Waals surface area contributed by atoms with Crippen LogP contribution in [-0.4, -0.2) is 32.4 Å². The maximum atomic E-state index is 5.69. The molecule has 0 radical (unpaired) electrons. The van der Waals surface area contributed by atoms with Crippen molar-refractivity contribution in [2.75, 3.05) is 13.2 Å². The van der Waals surface area contributed by atoms with Crippen molar-refractivity contribution in [3.8, 4) is 5.75 Å². The molecule has 0 spiro atoms. The Kier molecular flexibility index (Phi) is 6.11. The van der Waals surface area contributed by atoms with Crippen LogP contribution in [0.3, 0.4) is 0 Å². The molecule has 0 unspecified atom stereocenters. The Bertz CT molecular complexity index is 994. The zero-order chi connectivity index (χ0) is 20.2. The molecule has 1 saturated heterocycles. The molecule has 1 aliphatic heterocycles. The van der Waals surface area contributed by atoms with Gasteiger partial charge in [0.05, 0.1) is 13.3 Å². The average Bonchev–Trinajstić information content (AvgIpc) is 3.30. The molecule has 2 heterocycles. The van der Waals surface area contributed by atoms with Gasteiger partial charge >= 0.3 is 0 Å². The van der Waals surface area contributed by atoms with Crippen molar-refractivity contribution >= 4 is 12.2 Å². The van der Waals surface area contributed by atoms with Crippen LogP contribution in [0, 0.1) is 4.77 Å². The number of hydrogen-bond donors (Lipinski definition) is 0. The second-order valence-electron chi connectivity index (χ2n) is 7.53. The van der Waals surface area contributed by atoms with E-state index in [4.69, 9.17) is 22.1 Å². The fourth-order valence-corrected chi connectivity index (χ4v) is 4.26. The van der Waals surface area contributed by atoms with Crippen molar-refractivity contribution in [2.45, 2.75) is 38.9 Å². The van der Waals surface area contributed by atoms with E-state index in [-0.39, 0.29) is 0 Å². The summed E-state index contributed by atoms with van der Waals surface area (Å²) in [4.78, 5) is 2.48. The molecule has 0 aliphatic carbocycles. The van der Waals surface area contributed by atoms with Gasteiger partial charge in [-0.2, -0.15) is 5.10 Å². The van der Waals surface area contributed by atoms with Crippen LogP contribution in [0.15, 0.2) is 54.6 Å². The molecule has 6 heteroatoms. The van der Waals surface area contributed by atoms with E-state index in [1.54, 1.807) is 0 Å². The third-order valence-electron chi connectivity index (χ3n) is 5.59. The standard InChI is InChI=1S/C23H28N4OS/c1-3-28-20-13-11-19(12-14-20)21-10-7-15-26(21)17-27-23(29)25(2)22(24-27)16-18-8-5-4-6-9-18/h4-6,8-9,11-14,21H,3,7,10,15-17H2,1-2H3/t21-/m1/s1. The quantitative estimate of drug-likeness (QED) is 0.529. The molecule has 5 nitrogen and oxygen atoms in total. The lowest BCUT2D eigenvalue weighted by Gasteiger charge is -2.24. The predicted molar refractivity (Wildman–Crippen MR) is 118 cm³/mol. The van der Waals surface area contributed by atoms with E-state index in [2.05, 4.69) is 53.4 Å². The molecule has 4 rings (SSSR count). The van der Waals surface area contributed by atoms with E-state index >= 15 is 0 Å². The summed E-state index contributed by atoms with van der Waals surface area (Å²) < 4.78 is 10.4. The monoisotopic (exact) mass is 408 g/mol. The number of hydrogen-bond acceptors (Lipinski definition) is 4. The predicted octanol–water partition coefficient (Wildman–Crippen LogP) is 4.74. The third-order valence-corrected chi connectivity index (χ3v) is 6.08. The minimum atomic E-state index is 0.396. The van der Waals surface area contributed by atoms with Crippen molar-refractivity contribution in [3.63, 3.8) is 0 Å². The molecule has 2 aromatic carbocycles. The number of likely N-dealkylation sites (tertiary alicyclic amines) is 1. The summed E-state index contributed by atoms with van der Waals surface area (Å²) in [5.41, 5.74) is 2.58. The highest BCUT2D eigenvalue weighted by Gasteiger charge is 2.27. The Hall–Kier alpha value is -2.44. The highest BCUT2D eigenvalue weighted by molar-refractivity contribution is 7.71. The Labute approximate surface area is 177 Å². The summed E-state index contributed by atoms with van der Waals surface area (Å²) in [7, 11) is 2.01. The molecule has 0 bridgehead atoms. The summed E-state index contributed by atoms with van der Waals surface area (Å²) in [5.74, 6) is 1.93. The Morgan fingerprint density at radius 2 is 1.86 bits per heavy atom. The van der Waals surface area contributed by atoms with Gasteiger partial charge < -0.3 is 9.30 Å². The molecular formula is C23H28N4OS. The van der Waals surface area contributed by atoms with E-state index in [0.29, 0.717) is 12.6 Å². The van der Waals surface area contributed by atoms with E-state index in [9.17, 15) is 0 Å². The second-order valence-corrected chi connectivity index (χ2v) is 7.90. The van der Waals surface area contributed by atoms with Crippen LogP contribution < -0.4 is 4.74 Å². The minimum Gasteiger partial charge on any atom is -0.494 e. The van der Waals surface area contributed by atoms with Crippen LogP contribution in [0.25, 0.3) is 0 Å². The molecule has 3 aromatic rings. The van der Waals surface area contributed by atoms with Gasteiger partial charge in [0.2, 0.25) is 0 Å². The summed E-state index contributed by atoms with van der Waals surface area (Å²) in [6.07, 6.45) is 3.14. The van der Waals surface area contributed by atoms with Gasteiger partial charge in [0, 0.05) is 26.1 Å². The van der Waals surface area contributed by atoms with Crippen LogP contribution in [0.5, 0.6) is 5.75 Å². The zero-order valence-corrected chi connectivity index (χ0v) is 17.9. The maximum Gasteiger partial charge on any atom is 0.198 e. The Balaban J connectivity index is 1.50. The first-order valence-corrected chi connectivity index (χ1v) is 10.7. The van der Waals surface area contributed by atoms with Crippen LogP contribution in [0.1, 0.15) is 42.8 Å². The van der Waals surface area contributed by atoms with Gasteiger partial charge in [-0.1, -0.05) is 42.5 Å². The van der Waals surface area contributed by atoms with Gasteiger partial charge in [-0.05, 0) is 55.2 Å². The molecule has 0 amide bonds. The summed E-state index contributed by atoms with van der Waals surface area (Å²) >= 11 is 5.69. The number of ether oxygens (including phenoxy) is 1. The molecule has 1 atom stereocenters. The number of nitrogens with zero attached hydrogens (tertiary/aromatic N) is 4. The first kappa shape index (κ1) is 19.9. The van der Waals surface area contributed by atoms with Gasteiger partial charge in [-0.25, -0.2) is 4.68 Å². The van der Waals surface area contributed by atoms with Gasteiger partial charge in [0.25, 0.3) is 0 Å². The molecule has 1 fully saturated rings. The summed E-state index contributed by atoms with van der Waals surface area (Å²) in [5, 5.41) is 4.85. The molecule has 152 valence electrons. The number of aromatic nitrogens is 3. The van der Waals surface area contributed by atoms with Crippen molar-refractivity contribution in [2.24, 2.45) is 7.05 Å². The van der Waals surface area contributed by atoms with E-state index < -0.39 is 0 Å². The fraction of sp³-hybridized carbons (Fsp3) is 0.391. The smallest absolute Gasteiger partial charge is 0.198 e. The lowest BCUT2D eigenvalue weighted by Crippen LogP contribution is -2.27. The molecular weight excluding hydrogens is 380 g/mol. The molecule has 0 N–H and O–H groups in total. The van der Waals surface area contributed by atoms with Crippen molar-refractivity contribution in [1.29, 1.82) is 0 Å². The maximum absolute atomic E-state index is 5.69. The molecule has 29 heavy (non-hydrogen) atoms. The van der Waals surface area contributed by atoms with Crippen LogP contribution >= 0.6 is 12.2 Å². The van der Waals surface area contributed by atoms with Crippen LogP contribution in [0.4, 0.5) is 0 Å². The summed E-state index contributed by atoms with van der Waals surface area (Å²) in [6, 6.07) is 19.3. The molecule has 1 aromatic heterocycles. The van der Waals surface area contributed by atoms with Crippen molar-refractivity contribution in [1.82, 2.24) is 19.2 Å². The Morgan fingerprint density at radius 3 is 2.59 bits per heavy atom. The lowest BCUT2D eigenvalue weighted by molar-refractivity contribution is 0.189. The van der Waals surface area contributed by atoms with Crippen molar-refractivity contribution < 1.29 is 4.74 Å². The van der Waals surface area contributed by atoms with Gasteiger partial charge in [-0.3, -0.25) is 4.90 Å². The number of rotatable bonds is 7. The van der Waals surface area contributed by atoms with E-state index in [1.165, 1.54) is 17.5 Å².